The van der Waals surface area contributed by atoms with Gasteiger partial charge >= 0.3 is 5.97 Å². The summed E-state index contributed by atoms with van der Waals surface area (Å²) in [4.78, 5) is 11.2. The van der Waals surface area contributed by atoms with E-state index in [0.717, 1.165) is 17.9 Å². The second-order valence-corrected chi connectivity index (χ2v) is 8.26. The second kappa shape index (κ2) is 5.40. The summed E-state index contributed by atoms with van der Waals surface area (Å²) in [6.45, 7) is 12.1. The number of hydrogen-bond acceptors (Lipinski definition) is 2. The first-order valence-electron chi connectivity index (χ1n) is 8.56. The Kier molecular flexibility index (Phi) is 3.82. The molecule has 0 bridgehead atoms. The van der Waals surface area contributed by atoms with E-state index in [9.17, 15) is 4.79 Å². The highest BCUT2D eigenvalue weighted by atomic mass is 16.5. The van der Waals surface area contributed by atoms with Crippen molar-refractivity contribution in [3.63, 3.8) is 0 Å². The first-order chi connectivity index (χ1) is 10.3. The van der Waals surface area contributed by atoms with Crippen LogP contribution in [0.2, 0.25) is 0 Å². The van der Waals surface area contributed by atoms with E-state index in [-0.39, 0.29) is 5.97 Å². The Balaban J connectivity index is 1.87. The van der Waals surface area contributed by atoms with E-state index >= 15 is 0 Å². The molecule has 3 aliphatic rings. The molecule has 0 aromatic rings. The number of rotatable bonds is 2. The minimum atomic E-state index is -0.218. The Bertz CT molecular complexity index is 552. The lowest BCUT2D eigenvalue weighted by molar-refractivity contribution is -0.134. The van der Waals surface area contributed by atoms with Gasteiger partial charge in [-0.05, 0) is 48.0 Å². The van der Waals surface area contributed by atoms with Crippen molar-refractivity contribution in [1.29, 1.82) is 0 Å². The van der Waals surface area contributed by atoms with Crippen LogP contribution in [0.1, 0.15) is 52.9 Å². The van der Waals surface area contributed by atoms with Crippen molar-refractivity contribution < 1.29 is 9.53 Å². The molecular weight excluding hydrogens is 272 g/mol. The van der Waals surface area contributed by atoms with Gasteiger partial charge in [0.05, 0.1) is 0 Å². The van der Waals surface area contributed by atoms with Crippen molar-refractivity contribution in [2.45, 2.75) is 52.9 Å². The zero-order valence-electron chi connectivity index (χ0n) is 14.2. The van der Waals surface area contributed by atoms with E-state index < -0.39 is 0 Å². The Morgan fingerprint density at radius 1 is 1.32 bits per heavy atom. The van der Waals surface area contributed by atoms with E-state index in [1.54, 1.807) is 6.08 Å². The van der Waals surface area contributed by atoms with Crippen LogP contribution < -0.4 is 0 Å². The average molecular weight is 300 g/mol. The normalized spacial score (nSPS) is 37.9. The SMILES string of the molecule is C=C1CCC2C(C)(C)CCCC2(C)C1C=CC1=CC(=O)OC1. The molecule has 2 heteroatoms. The van der Waals surface area contributed by atoms with Gasteiger partial charge in [-0.1, -0.05) is 51.5 Å². The fraction of sp³-hybridized carbons (Fsp3) is 0.650. The smallest absolute Gasteiger partial charge is 0.331 e. The maximum absolute atomic E-state index is 11.2. The molecule has 0 N–H and O–H groups in total. The number of carbonyl (C=O) groups is 1. The van der Waals surface area contributed by atoms with Gasteiger partial charge < -0.3 is 4.74 Å². The quantitative estimate of drug-likeness (QED) is 0.539. The number of carbonyl (C=O) groups excluding carboxylic acids is 1. The molecule has 0 spiro atoms. The number of cyclic esters (lactones) is 1. The molecule has 0 radical (unpaired) electrons. The lowest BCUT2D eigenvalue weighted by atomic mass is 9.47. The minimum Gasteiger partial charge on any atom is -0.458 e. The fourth-order valence-corrected chi connectivity index (χ4v) is 5.27. The van der Waals surface area contributed by atoms with Crippen LogP contribution in [0.15, 0.2) is 36.0 Å². The van der Waals surface area contributed by atoms with E-state index in [4.69, 9.17) is 4.74 Å². The largest absolute Gasteiger partial charge is 0.458 e. The third-order valence-electron chi connectivity index (χ3n) is 6.37. The molecular formula is C20H28O2. The number of esters is 1. The summed E-state index contributed by atoms with van der Waals surface area (Å²) < 4.78 is 4.99. The van der Waals surface area contributed by atoms with E-state index in [2.05, 4.69) is 39.5 Å². The van der Waals surface area contributed by atoms with Gasteiger partial charge in [0.1, 0.15) is 6.61 Å². The molecule has 3 atom stereocenters. The third kappa shape index (κ3) is 2.57. The van der Waals surface area contributed by atoms with Crippen molar-refractivity contribution in [2.75, 3.05) is 6.61 Å². The average Bonchev–Trinajstić information content (AvgIpc) is 2.82. The Hall–Kier alpha value is -1.31. The molecule has 2 nitrogen and oxygen atoms in total. The van der Waals surface area contributed by atoms with Crippen molar-refractivity contribution in [1.82, 2.24) is 0 Å². The molecule has 1 heterocycles. The molecule has 2 aliphatic carbocycles. The maximum Gasteiger partial charge on any atom is 0.331 e. The van der Waals surface area contributed by atoms with Crippen LogP contribution >= 0.6 is 0 Å². The van der Waals surface area contributed by atoms with Gasteiger partial charge in [0.25, 0.3) is 0 Å². The molecule has 120 valence electrons. The number of fused-ring (bicyclic) bond motifs is 1. The predicted octanol–water partition coefficient (Wildman–Crippen LogP) is 4.82. The summed E-state index contributed by atoms with van der Waals surface area (Å²) in [7, 11) is 0. The number of allylic oxidation sites excluding steroid dienone is 2. The van der Waals surface area contributed by atoms with E-state index in [1.165, 1.54) is 31.3 Å². The molecule has 3 rings (SSSR count). The van der Waals surface area contributed by atoms with Crippen molar-refractivity contribution in [3.8, 4) is 0 Å². The summed E-state index contributed by atoms with van der Waals surface area (Å²) >= 11 is 0. The van der Waals surface area contributed by atoms with Crippen LogP contribution in [0, 0.1) is 22.7 Å². The minimum absolute atomic E-state index is 0.218. The second-order valence-electron chi connectivity index (χ2n) is 8.26. The summed E-state index contributed by atoms with van der Waals surface area (Å²) in [5.74, 6) is 0.955. The topological polar surface area (TPSA) is 26.3 Å². The van der Waals surface area contributed by atoms with Gasteiger partial charge in [-0.2, -0.15) is 0 Å². The monoisotopic (exact) mass is 300 g/mol. The van der Waals surface area contributed by atoms with Gasteiger partial charge in [-0.15, -0.1) is 0 Å². The summed E-state index contributed by atoms with van der Waals surface area (Å²) in [5.41, 5.74) is 3.07. The van der Waals surface area contributed by atoms with Gasteiger partial charge in [0.15, 0.2) is 0 Å². The lowest BCUT2D eigenvalue weighted by Gasteiger charge is -2.57. The molecule has 0 amide bonds. The number of hydrogen-bond donors (Lipinski definition) is 0. The van der Waals surface area contributed by atoms with Gasteiger partial charge in [-0.25, -0.2) is 4.79 Å². The molecule has 1 aliphatic heterocycles. The molecule has 2 fully saturated rings. The highest BCUT2D eigenvalue weighted by Gasteiger charge is 2.52. The van der Waals surface area contributed by atoms with E-state index in [1.807, 2.05) is 0 Å². The predicted molar refractivity (Wildman–Crippen MR) is 89.3 cm³/mol. The van der Waals surface area contributed by atoms with Crippen LogP contribution in [0.5, 0.6) is 0 Å². The van der Waals surface area contributed by atoms with E-state index in [0.29, 0.717) is 23.4 Å². The summed E-state index contributed by atoms with van der Waals surface area (Å²) in [6.07, 6.45) is 12.3. The van der Waals surface area contributed by atoms with Crippen molar-refractivity contribution >= 4 is 5.97 Å². The molecule has 0 aromatic carbocycles. The van der Waals surface area contributed by atoms with Crippen LogP contribution in [-0.4, -0.2) is 12.6 Å². The Morgan fingerprint density at radius 3 is 2.77 bits per heavy atom. The van der Waals surface area contributed by atoms with Gasteiger partial charge in [0, 0.05) is 12.0 Å². The number of ether oxygens (including phenoxy) is 1. The first-order valence-corrected chi connectivity index (χ1v) is 8.56. The molecule has 22 heavy (non-hydrogen) atoms. The van der Waals surface area contributed by atoms with Crippen LogP contribution in [-0.2, 0) is 9.53 Å². The lowest BCUT2D eigenvalue weighted by Crippen LogP contribution is -2.48. The van der Waals surface area contributed by atoms with Gasteiger partial charge in [-0.3, -0.25) is 0 Å². The molecule has 0 saturated heterocycles. The molecule has 2 saturated carbocycles. The third-order valence-corrected chi connectivity index (χ3v) is 6.37. The van der Waals surface area contributed by atoms with Crippen LogP contribution in [0.25, 0.3) is 0 Å². The highest BCUT2D eigenvalue weighted by molar-refractivity contribution is 5.85. The Morgan fingerprint density at radius 2 is 2.09 bits per heavy atom. The fourth-order valence-electron chi connectivity index (χ4n) is 5.27. The maximum atomic E-state index is 11.2. The zero-order chi connectivity index (χ0) is 16.0. The first kappa shape index (κ1) is 15.6. The molecule has 0 aromatic heterocycles. The van der Waals surface area contributed by atoms with Crippen molar-refractivity contribution in [3.05, 3.63) is 36.0 Å². The standard InChI is InChI=1S/C20H28O2/c1-14-6-9-17-19(2,3)10-5-11-20(17,4)16(14)8-7-15-12-18(21)22-13-15/h7-8,12,16-17H,1,5-6,9-11,13H2,2-4H3. The Labute approximate surface area is 134 Å². The van der Waals surface area contributed by atoms with Crippen molar-refractivity contribution in [2.24, 2.45) is 22.7 Å². The zero-order valence-corrected chi connectivity index (χ0v) is 14.2. The molecule has 3 unspecified atom stereocenters. The van der Waals surface area contributed by atoms with Crippen LogP contribution in [0.4, 0.5) is 0 Å². The highest BCUT2D eigenvalue weighted by Crippen LogP contribution is 2.61. The van der Waals surface area contributed by atoms with Crippen LogP contribution in [0.3, 0.4) is 0 Å². The summed E-state index contributed by atoms with van der Waals surface area (Å²) in [6, 6.07) is 0. The van der Waals surface area contributed by atoms with Gasteiger partial charge in [0.2, 0.25) is 0 Å². The summed E-state index contributed by atoms with van der Waals surface area (Å²) in [5, 5.41) is 0.